The van der Waals surface area contributed by atoms with Crippen molar-refractivity contribution >= 4 is 46.1 Å². The topological polar surface area (TPSA) is 74.3 Å². The second kappa shape index (κ2) is 8.23. The summed E-state index contributed by atoms with van der Waals surface area (Å²) < 4.78 is 0. The first-order valence-electron chi connectivity index (χ1n) is 9.16. The van der Waals surface area contributed by atoms with Gasteiger partial charge >= 0.3 is 0 Å². The highest BCUT2D eigenvalue weighted by Gasteiger charge is 2.18. The summed E-state index contributed by atoms with van der Waals surface area (Å²) in [7, 11) is 0. The van der Waals surface area contributed by atoms with E-state index in [2.05, 4.69) is 15.6 Å². The number of hydrogen-bond acceptors (Lipinski definition) is 5. The summed E-state index contributed by atoms with van der Waals surface area (Å²) in [4.78, 5) is 31.4. The largest absolute Gasteiger partial charge is 0.360 e. The zero-order valence-corrected chi connectivity index (χ0v) is 17.3. The maximum absolute atomic E-state index is 12.7. The Morgan fingerprint density at radius 3 is 2.59 bits per heavy atom. The molecular weight excluding hydrogens is 408 g/mol. The SMILES string of the molecule is Cc1nc(-c2ccc(Cl)cc2)sc1C(=O)Nc1ccc(N2CCNC(=O)C2)cc1. The van der Waals surface area contributed by atoms with Crippen molar-refractivity contribution in [2.24, 2.45) is 0 Å². The van der Waals surface area contributed by atoms with Gasteiger partial charge in [-0.05, 0) is 43.3 Å². The average Bonchev–Trinajstić information content (AvgIpc) is 3.11. The van der Waals surface area contributed by atoms with Gasteiger partial charge in [-0.2, -0.15) is 0 Å². The molecule has 0 unspecified atom stereocenters. The minimum Gasteiger partial charge on any atom is -0.360 e. The van der Waals surface area contributed by atoms with Crippen LogP contribution in [0.4, 0.5) is 11.4 Å². The molecule has 0 bridgehead atoms. The quantitative estimate of drug-likeness (QED) is 0.662. The number of carbonyl (C=O) groups excluding carboxylic acids is 2. The first kappa shape index (κ1) is 19.4. The molecule has 1 fully saturated rings. The van der Waals surface area contributed by atoms with E-state index in [4.69, 9.17) is 11.6 Å². The Bertz CT molecular complexity index is 1050. The maximum Gasteiger partial charge on any atom is 0.267 e. The molecule has 1 aliphatic heterocycles. The molecule has 29 heavy (non-hydrogen) atoms. The summed E-state index contributed by atoms with van der Waals surface area (Å²) in [5, 5.41) is 7.18. The molecule has 0 saturated carbocycles. The lowest BCUT2D eigenvalue weighted by atomic mass is 10.2. The van der Waals surface area contributed by atoms with Crippen LogP contribution in [0.5, 0.6) is 0 Å². The third-order valence-corrected chi connectivity index (χ3v) is 6.08. The first-order valence-corrected chi connectivity index (χ1v) is 10.4. The Labute approximate surface area is 177 Å². The van der Waals surface area contributed by atoms with Crippen molar-refractivity contribution in [3.05, 3.63) is 64.1 Å². The molecule has 0 aliphatic carbocycles. The van der Waals surface area contributed by atoms with Gasteiger partial charge in [-0.15, -0.1) is 11.3 Å². The van der Waals surface area contributed by atoms with Gasteiger partial charge in [-0.3, -0.25) is 9.59 Å². The van der Waals surface area contributed by atoms with Crippen molar-refractivity contribution in [2.75, 3.05) is 29.9 Å². The monoisotopic (exact) mass is 426 g/mol. The Morgan fingerprint density at radius 2 is 1.90 bits per heavy atom. The fourth-order valence-electron chi connectivity index (χ4n) is 3.13. The molecule has 6 nitrogen and oxygen atoms in total. The standard InChI is InChI=1S/C21H19ClN4O2S/c1-13-19(29-21(24-13)14-2-4-15(22)5-3-14)20(28)25-16-6-8-17(9-7-16)26-11-10-23-18(27)12-26/h2-9H,10-12H2,1H3,(H,23,27)(H,25,28). The summed E-state index contributed by atoms with van der Waals surface area (Å²) in [5.41, 5.74) is 3.27. The normalized spacial score (nSPS) is 13.9. The van der Waals surface area contributed by atoms with Gasteiger partial charge in [0.2, 0.25) is 5.91 Å². The lowest BCUT2D eigenvalue weighted by Crippen LogP contribution is -2.47. The van der Waals surface area contributed by atoms with E-state index in [-0.39, 0.29) is 11.8 Å². The number of aryl methyl sites for hydroxylation is 1. The highest BCUT2D eigenvalue weighted by molar-refractivity contribution is 7.17. The number of aromatic nitrogens is 1. The number of benzene rings is 2. The van der Waals surface area contributed by atoms with Crippen molar-refractivity contribution in [2.45, 2.75) is 6.92 Å². The number of carbonyl (C=O) groups is 2. The predicted octanol–water partition coefficient (Wildman–Crippen LogP) is 3.96. The number of rotatable bonds is 4. The molecule has 1 saturated heterocycles. The summed E-state index contributed by atoms with van der Waals surface area (Å²) in [6, 6.07) is 14.9. The van der Waals surface area contributed by atoms with Crippen LogP contribution in [0.1, 0.15) is 15.4 Å². The Balaban J connectivity index is 1.46. The second-order valence-electron chi connectivity index (χ2n) is 6.71. The zero-order chi connectivity index (χ0) is 20.4. The minimum atomic E-state index is -0.190. The third kappa shape index (κ3) is 4.41. The van der Waals surface area contributed by atoms with Gasteiger partial charge in [0.05, 0.1) is 12.2 Å². The van der Waals surface area contributed by atoms with Gasteiger partial charge in [-0.1, -0.05) is 23.7 Å². The number of thiazole rings is 1. The second-order valence-corrected chi connectivity index (χ2v) is 8.15. The molecule has 0 radical (unpaired) electrons. The van der Waals surface area contributed by atoms with E-state index in [1.165, 1.54) is 11.3 Å². The molecule has 3 aromatic rings. The van der Waals surface area contributed by atoms with E-state index < -0.39 is 0 Å². The van der Waals surface area contributed by atoms with Crippen LogP contribution in [0, 0.1) is 6.92 Å². The van der Waals surface area contributed by atoms with Crippen molar-refractivity contribution in [3.63, 3.8) is 0 Å². The van der Waals surface area contributed by atoms with Crippen molar-refractivity contribution in [1.29, 1.82) is 0 Å². The molecule has 2 amide bonds. The molecular formula is C21H19ClN4O2S. The van der Waals surface area contributed by atoms with Crippen LogP contribution in [0.25, 0.3) is 10.6 Å². The molecule has 148 valence electrons. The maximum atomic E-state index is 12.7. The van der Waals surface area contributed by atoms with E-state index in [1.54, 1.807) is 12.1 Å². The highest BCUT2D eigenvalue weighted by atomic mass is 35.5. The van der Waals surface area contributed by atoms with Crippen LogP contribution < -0.4 is 15.5 Å². The lowest BCUT2D eigenvalue weighted by molar-refractivity contribution is -0.120. The number of nitrogens with one attached hydrogen (secondary N) is 2. The van der Waals surface area contributed by atoms with Gasteiger partial charge in [0.1, 0.15) is 9.88 Å². The van der Waals surface area contributed by atoms with Crippen LogP contribution in [0.15, 0.2) is 48.5 Å². The number of halogens is 1. The predicted molar refractivity (Wildman–Crippen MR) is 117 cm³/mol. The van der Waals surface area contributed by atoms with E-state index in [0.717, 1.165) is 22.8 Å². The van der Waals surface area contributed by atoms with Gasteiger partial charge in [0.25, 0.3) is 5.91 Å². The van der Waals surface area contributed by atoms with Gasteiger partial charge < -0.3 is 15.5 Å². The summed E-state index contributed by atoms with van der Waals surface area (Å²) in [5.74, 6) is -0.170. The summed E-state index contributed by atoms with van der Waals surface area (Å²) in [6.07, 6.45) is 0. The van der Waals surface area contributed by atoms with E-state index >= 15 is 0 Å². The summed E-state index contributed by atoms with van der Waals surface area (Å²) >= 11 is 7.29. The molecule has 0 spiro atoms. The van der Waals surface area contributed by atoms with Crippen LogP contribution in [-0.4, -0.2) is 36.4 Å². The molecule has 1 aromatic heterocycles. The Kier molecular flexibility index (Phi) is 5.51. The number of amides is 2. The molecule has 2 N–H and O–H groups in total. The number of nitrogens with zero attached hydrogens (tertiary/aromatic N) is 2. The molecule has 2 aromatic carbocycles. The van der Waals surface area contributed by atoms with Gasteiger partial charge in [0, 0.05) is 35.1 Å². The van der Waals surface area contributed by atoms with Crippen molar-refractivity contribution in [1.82, 2.24) is 10.3 Å². The molecule has 2 heterocycles. The smallest absolute Gasteiger partial charge is 0.267 e. The highest BCUT2D eigenvalue weighted by Crippen LogP contribution is 2.29. The fourth-order valence-corrected chi connectivity index (χ4v) is 4.22. The molecule has 4 rings (SSSR count). The lowest BCUT2D eigenvalue weighted by Gasteiger charge is -2.28. The molecule has 0 atom stereocenters. The van der Waals surface area contributed by atoms with Crippen molar-refractivity contribution in [3.8, 4) is 10.6 Å². The number of piperazine rings is 1. The van der Waals surface area contributed by atoms with Crippen LogP contribution in [-0.2, 0) is 4.79 Å². The number of hydrogen-bond donors (Lipinski definition) is 2. The fraction of sp³-hybridized carbons (Fsp3) is 0.190. The Hall–Kier alpha value is -2.90. The van der Waals surface area contributed by atoms with Crippen LogP contribution >= 0.6 is 22.9 Å². The molecule has 8 heteroatoms. The van der Waals surface area contributed by atoms with Gasteiger partial charge in [0.15, 0.2) is 0 Å². The molecule has 1 aliphatic rings. The Morgan fingerprint density at radius 1 is 1.17 bits per heavy atom. The van der Waals surface area contributed by atoms with Crippen LogP contribution in [0.3, 0.4) is 0 Å². The van der Waals surface area contributed by atoms with Crippen LogP contribution in [0.2, 0.25) is 5.02 Å². The van der Waals surface area contributed by atoms with Gasteiger partial charge in [-0.25, -0.2) is 4.98 Å². The average molecular weight is 427 g/mol. The minimum absolute atomic E-state index is 0.0193. The van der Waals surface area contributed by atoms with E-state index in [9.17, 15) is 9.59 Å². The van der Waals surface area contributed by atoms with E-state index in [0.29, 0.717) is 34.4 Å². The summed E-state index contributed by atoms with van der Waals surface area (Å²) in [6.45, 7) is 3.58. The van der Waals surface area contributed by atoms with E-state index in [1.807, 2.05) is 48.2 Å². The van der Waals surface area contributed by atoms with Crippen molar-refractivity contribution < 1.29 is 9.59 Å². The first-order chi connectivity index (χ1) is 14.0. The zero-order valence-electron chi connectivity index (χ0n) is 15.7. The number of anilines is 2. The third-order valence-electron chi connectivity index (χ3n) is 4.62.